The number of halogens is 1. The van der Waals surface area contributed by atoms with Gasteiger partial charge in [-0.3, -0.25) is 0 Å². The van der Waals surface area contributed by atoms with Crippen LogP contribution in [0.5, 0.6) is 0 Å². The van der Waals surface area contributed by atoms with Crippen molar-refractivity contribution < 1.29 is 4.74 Å². The first-order chi connectivity index (χ1) is 10.2. The lowest BCUT2D eigenvalue weighted by molar-refractivity contribution is 0.0985. The zero-order valence-electron chi connectivity index (χ0n) is 13.9. The average Bonchev–Trinajstić information content (AvgIpc) is 3.36. The first-order valence-electron chi connectivity index (χ1n) is 8.13. The molecule has 2 fully saturated rings. The van der Waals surface area contributed by atoms with Gasteiger partial charge in [-0.2, -0.15) is 0 Å². The number of morpholine rings is 1. The molecule has 0 spiro atoms. The summed E-state index contributed by atoms with van der Waals surface area (Å²) in [6, 6.07) is 2.44. The van der Waals surface area contributed by atoms with E-state index in [9.17, 15) is 0 Å². The summed E-state index contributed by atoms with van der Waals surface area (Å²) in [7, 11) is 0. The van der Waals surface area contributed by atoms with Gasteiger partial charge < -0.3 is 9.64 Å². The largest absolute Gasteiger partial charge is 0.377 e. The van der Waals surface area contributed by atoms with Crippen LogP contribution in [0.4, 0.5) is 5.82 Å². The van der Waals surface area contributed by atoms with E-state index >= 15 is 0 Å². The Morgan fingerprint density at radius 3 is 2.43 bits per heavy atom. The van der Waals surface area contributed by atoms with Gasteiger partial charge in [0.15, 0.2) is 0 Å². The summed E-state index contributed by atoms with van der Waals surface area (Å²) >= 11 is 6.01. The second-order valence-corrected chi connectivity index (χ2v) is 5.15. The third-order valence-electron chi connectivity index (χ3n) is 3.36. The van der Waals surface area contributed by atoms with Crippen molar-refractivity contribution in [3.05, 3.63) is 17.0 Å². The third-order valence-corrected chi connectivity index (χ3v) is 3.53. The van der Waals surface area contributed by atoms with E-state index in [1.807, 2.05) is 27.7 Å². The highest BCUT2D eigenvalue weighted by atomic mass is 35.5. The Bertz CT molecular complexity index is 424. The zero-order chi connectivity index (χ0) is 15.8. The molecule has 0 N–H and O–H groups in total. The maximum absolute atomic E-state index is 6.01. The van der Waals surface area contributed by atoms with Crippen LogP contribution in [0.1, 0.15) is 59.1 Å². The molecule has 4 nitrogen and oxygen atoms in total. The molecule has 0 radical (unpaired) electrons. The fourth-order valence-electron chi connectivity index (χ4n) is 2.23. The van der Waals surface area contributed by atoms with E-state index in [1.54, 1.807) is 0 Å². The van der Waals surface area contributed by atoms with Crippen LogP contribution < -0.4 is 4.90 Å². The van der Waals surface area contributed by atoms with E-state index < -0.39 is 0 Å². The van der Waals surface area contributed by atoms with Crippen molar-refractivity contribution >= 4 is 17.4 Å². The van der Waals surface area contributed by atoms with Gasteiger partial charge in [0.05, 0.1) is 24.9 Å². The van der Waals surface area contributed by atoms with Crippen LogP contribution >= 0.6 is 11.6 Å². The summed E-state index contributed by atoms with van der Waals surface area (Å²) in [5.41, 5.74) is 1.10. The minimum absolute atomic E-state index is 0.349. The summed E-state index contributed by atoms with van der Waals surface area (Å²) in [4.78, 5) is 10.9. The number of hydrogen-bond donors (Lipinski definition) is 0. The topological polar surface area (TPSA) is 38.2 Å². The number of rotatable bonds is 2. The quantitative estimate of drug-likeness (QED) is 0.764. The zero-order valence-corrected chi connectivity index (χ0v) is 14.7. The van der Waals surface area contributed by atoms with Gasteiger partial charge in [0.25, 0.3) is 0 Å². The maximum Gasteiger partial charge on any atom is 0.224 e. The van der Waals surface area contributed by atoms with E-state index in [-0.39, 0.29) is 0 Å². The Kier molecular flexibility index (Phi) is 7.97. The maximum atomic E-state index is 6.01. The van der Waals surface area contributed by atoms with Crippen molar-refractivity contribution in [3.8, 4) is 0 Å². The molecule has 1 atom stereocenters. The van der Waals surface area contributed by atoms with Gasteiger partial charge in [0, 0.05) is 18.5 Å². The van der Waals surface area contributed by atoms with Crippen LogP contribution in [-0.4, -0.2) is 35.8 Å². The third kappa shape index (κ3) is 5.11. The van der Waals surface area contributed by atoms with Crippen LogP contribution in [0.3, 0.4) is 0 Å². The molecule has 1 saturated carbocycles. The monoisotopic (exact) mass is 313 g/mol. The van der Waals surface area contributed by atoms with Gasteiger partial charge in [-0.05, 0) is 31.4 Å². The molecule has 21 heavy (non-hydrogen) atoms. The van der Waals surface area contributed by atoms with Crippen molar-refractivity contribution in [3.63, 3.8) is 0 Å². The Balaban J connectivity index is 0.000000510. The van der Waals surface area contributed by atoms with E-state index in [0.29, 0.717) is 17.2 Å². The molecule has 120 valence electrons. The molecule has 3 rings (SSSR count). The number of anilines is 1. The molecular weight excluding hydrogens is 286 g/mol. The predicted octanol–water partition coefficient (Wildman–Crippen LogP) is 4.28. The lowest BCUT2D eigenvalue weighted by Gasteiger charge is -2.34. The van der Waals surface area contributed by atoms with Crippen molar-refractivity contribution in [2.75, 3.05) is 24.7 Å². The average molecular weight is 314 g/mol. The number of ether oxygens (including phenoxy) is 1. The smallest absolute Gasteiger partial charge is 0.224 e. The fourth-order valence-corrected chi connectivity index (χ4v) is 2.41. The number of nitrogens with zero attached hydrogens (tertiary/aromatic N) is 3. The van der Waals surface area contributed by atoms with Gasteiger partial charge in [0.1, 0.15) is 5.82 Å². The van der Waals surface area contributed by atoms with Crippen LogP contribution in [0.15, 0.2) is 6.07 Å². The fraction of sp³-hybridized carbons (Fsp3) is 0.750. The van der Waals surface area contributed by atoms with Crippen LogP contribution in [0.2, 0.25) is 5.28 Å². The van der Waals surface area contributed by atoms with E-state index in [2.05, 4.69) is 27.9 Å². The van der Waals surface area contributed by atoms with Gasteiger partial charge in [-0.15, -0.1) is 0 Å². The van der Waals surface area contributed by atoms with E-state index in [1.165, 1.54) is 12.8 Å². The summed E-state index contributed by atoms with van der Waals surface area (Å²) in [5, 5.41) is 0.364. The molecule has 2 aliphatic rings. The molecule has 1 saturated heterocycles. The lowest BCUT2D eigenvalue weighted by Crippen LogP contribution is -2.44. The molecule has 0 unspecified atom stereocenters. The number of aromatic nitrogens is 2. The van der Waals surface area contributed by atoms with Crippen LogP contribution in [0.25, 0.3) is 0 Å². The Morgan fingerprint density at radius 2 is 1.86 bits per heavy atom. The van der Waals surface area contributed by atoms with Crippen molar-refractivity contribution in [1.29, 1.82) is 0 Å². The molecule has 2 heterocycles. The van der Waals surface area contributed by atoms with Gasteiger partial charge in [0.2, 0.25) is 5.28 Å². The lowest BCUT2D eigenvalue weighted by atomic mass is 10.2. The summed E-state index contributed by atoms with van der Waals surface area (Å²) in [5.74, 6) is 1.55. The molecule has 1 aromatic rings. The number of hydrogen-bond acceptors (Lipinski definition) is 4. The second-order valence-electron chi connectivity index (χ2n) is 4.81. The van der Waals surface area contributed by atoms with E-state index in [4.69, 9.17) is 16.3 Å². The van der Waals surface area contributed by atoms with Crippen LogP contribution in [0, 0.1) is 0 Å². The van der Waals surface area contributed by atoms with Crippen molar-refractivity contribution in [2.24, 2.45) is 0 Å². The van der Waals surface area contributed by atoms with Gasteiger partial charge in [-0.25, -0.2) is 9.97 Å². The van der Waals surface area contributed by atoms with E-state index in [0.717, 1.165) is 31.3 Å². The van der Waals surface area contributed by atoms with Crippen LogP contribution in [-0.2, 0) is 4.74 Å². The Morgan fingerprint density at radius 1 is 1.19 bits per heavy atom. The Labute approximate surface area is 133 Å². The molecular formula is C16H28ClN3O. The minimum Gasteiger partial charge on any atom is -0.377 e. The standard InChI is InChI=1S/C12H16ClN3O.2C2H6/c1-8-7-17-5-4-16(8)11-6-10(9-2-3-9)14-12(13)15-11;2*1-2/h6,8-9H,2-5,7H2,1H3;2*1-2H3/t8-;;/m1../s1. The molecule has 1 aromatic heterocycles. The molecule has 5 heteroatoms. The van der Waals surface area contributed by atoms with Gasteiger partial charge >= 0.3 is 0 Å². The normalized spacial score (nSPS) is 20.9. The first-order valence-corrected chi connectivity index (χ1v) is 8.50. The first kappa shape index (κ1) is 18.2. The van der Waals surface area contributed by atoms with Gasteiger partial charge in [-0.1, -0.05) is 27.7 Å². The van der Waals surface area contributed by atoms with Crippen molar-refractivity contribution in [1.82, 2.24) is 9.97 Å². The highest BCUT2D eigenvalue weighted by Gasteiger charge is 2.28. The van der Waals surface area contributed by atoms with Crippen molar-refractivity contribution in [2.45, 2.75) is 59.4 Å². The summed E-state index contributed by atoms with van der Waals surface area (Å²) < 4.78 is 5.44. The summed E-state index contributed by atoms with van der Waals surface area (Å²) in [6.07, 6.45) is 2.46. The highest BCUT2D eigenvalue weighted by molar-refractivity contribution is 6.28. The molecule has 1 aliphatic carbocycles. The molecule has 1 aliphatic heterocycles. The minimum atomic E-state index is 0.349. The molecule has 0 aromatic carbocycles. The second kappa shape index (κ2) is 9.21. The summed E-state index contributed by atoms with van der Waals surface area (Å²) in [6.45, 7) is 12.5. The molecule has 0 amide bonds. The predicted molar refractivity (Wildman–Crippen MR) is 89.3 cm³/mol. The highest BCUT2D eigenvalue weighted by Crippen LogP contribution is 2.40. The Hall–Kier alpha value is -0.870. The molecule has 0 bridgehead atoms. The SMILES string of the molecule is CC.CC.C[C@@H]1COCCN1c1cc(C2CC2)nc(Cl)n1.